The maximum Gasteiger partial charge on any atom is 0.231 e. The molecule has 0 fully saturated rings. The number of nitrogens with one attached hydrogen (secondary N) is 1. The highest BCUT2D eigenvalue weighted by atomic mass is 16.7. The minimum Gasteiger partial charge on any atom is -0.454 e. The van der Waals surface area contributed by atoms with Gasteiger partial charge in [0.1, 0.15) is 0 Å². The van der Waals surface area contributed by atoms with E-state index < -0.39 is 0 Å². The summed E-state index contributed by atoms with van der Waals surface area (Å²) in [6, 6.07) is 12.6. The van der Waals surface area contributed by atoms with Crippen LogP contribution in [0.4, 0.5) is 0 Å². The number of nitrogens with zero attached hydrogens (tertiary/aromatic N) is 3. The van der Waals surface area contributed by atoms with Crippen LogP contribution in [-0.4, -0.2) is 33.6 Å². The van der Waals surface area contributed by atoms with Gasteiger partial charge in [-0.3, -0.25) is 9.89 Å². The van der Waals surface area contributed by atoms with E-state index in [1.807, 2.05) is 30.3 Å². The van der Waals surface area contributed by atoms with Crippen LogP contribution in [0, 0.1) is 0 Å². The Morgan fingerprint density at radius 2 is 1.77 bits per heavy atom. The Bertz CT molecular complexity index is 1340. The van der Waals surface area contributed by atoms with E-state index in [9.17, 15) is 4.79 Å². The van der Waals surface area contributed by atoms with E-state index in [1.54, 1.807) is 29.2 Å². The molecule has 2 aromatic heterocycles. The van der Waals surface area contributed by atoms with E-state index >= 15 is 0 Å². The molecule has 9 heteroatoms. The van der Waals surface area contributed by atoms with Crippen LogP contribution in [0.2, 0.25) is 0 Å². The number of aromatic amines is 1. The SMILES string of the molecule is O=c1c(-c2cccc3c2OCO3)c[nH]nc1-c1ccnn1-c1ccc2c(c1)OCO2. The van der Waals surface area contributed by atoms with Gasteiger partial charge in [0.2, 0.25) is 19.0 Å². The average molecular weight is 402 g/mol. The topological polar surface area (TPSA) is 100 Å². The van der Waals surface area contributed by atoms with Gasteiger partial charge in [0.25, 0.3) is 0 Å². The molecule has 4 heterocycles. The number of fused-ring (bicyclic) bond motifs is 2. The molecule has 2 aromatic carbocycles. The number of hydrogen-bond donors (Lipinski definition) is 1. The molecule has 0 spiro atoms. The van der Waals surface area contributed by atoms with Crippen LogP contribution >= 0.6 is 0 Å². The number of hydrogen-bond acceptors (Lipinski definition) is 7. The monoisotopic (exact) mass is 402 g/mol. The number of ether oxygens (including phenoxy) is 4. The molecule has 0 bridgehead atoms. The van der Waals surface area contributed by atoms with Crippen molar-refractivity contribution in [2.24, 2.45) is 0 Å². The highest BCUT2D eigenvalue weighted by Crippen LogP contribution is 2.40. The maximum atomic E-state index is 13.4. The first-order chi connectivity index (χ1) is 14.8. The smallest absolute Gasteiger partial charge is 0.231 e. The number of benzene rings is 2. The molecular weight excluding hydrogens is 388 g/mol. The van der Waals surface area contributed by atoms with Crippen molar-refractivity contribution >= 4 is 0 Å². The van der Waals surface area contributed by atoms with E-state index in [4.69, 9.17) is 18.9 Å². The van der Waals surface area contributed by atoms with E-state index in [0.29, 0.717) is 39.8 Å². The first-order valence-electron chi connectivity index (χ1n) is 9.21. The summed E-state index contributed by atoms with van der Waals surface area (Å²) in [5.74, 6) is 2.45. The quantitative estimate of drug-likeness (QED) is 0.562. The zero-order valence-electron chi connectivity index (χ0n) is 15.5. The Balaban J connectivity index is 1.49. The molecule has 0 saturated carbocycles. The molecule has 0 amide bonds. The van der Waals surface area contributed by atoms with Gasteiger partial charge in [0, 0.05) is 17.8 Å². The fraction of sp³-hybridized carbons (Fsp3) is 0.0952. The van der Waals surface area contributed by atoms with Crippen molar-refractivity contribution in [2.45, 2.75) is 0 Å². The molecule has 9 nitrogen and oxygen atoms in total. The van der Waals surface area contributed by atoms with E-state index in [0.717, 1.165) is 5.69 Å². The average Bonchev–Trinajstić information content (AvgIpc) is 3.52. The van der Waals surface area contributed by atoms with Gasteiger partial charge in [-0.25, -0.2) is 4.68 Å². The van der Waals surface area contributed by atoms with Gasteiger partial charge in [-0.05, 0) is 24.3 Å². The van der Waals surface area contributed by atoms with Gasteiger partial charge in [0.15, 0.2) is 28.7 Å². The van der Waals surface area contributed by atoms with E-state index in [1.165, 1.54) is 0 Å². The molecule has 0 unspecified atom stereocenters. The van der Waals surface area contributed by atoms with Gasteiger partial charge in [-0.2, -0.15) is 10.2 Å². The Morgan fingerprint density at radius 3 is 2.73 bits per heavy atom. The summed E-state index contributed by atoms with van der Waals surface area (Å²) in [6.45, 7) is 0.306. The van der Waals surface area contributed by atoms with Crippen LogP contribution in [0.5, 0.6) is 23.0 Å². The summed E-state index contributed by atoms with van der Waals surface area (Å²) in [5.41, 5.74) is 2.33. The van der Waals surface area contributed by atoms with Crippen molar-refractivity contribution in [3.8, 4) is 51.2 Å². The van der Waals surface area contributed by atoms with Crippen LogP contribution in [0.3, 0.4) is 0 Å². The molecule has 0 aliphatic carbocycles. The van der Waals surface area contributed by atoms with Crippen LogP contribution in [0.1, 0.15) is 0 Å². The van der Waals surface area contributed by atoms with Gasteiger partial charge in [-0.1, -0.05) is 12.1 Å². The second kappa shape index (κ2) is 6.38. The van der Waals surface area contributed by atoms with Crippen LogP contribution < -0.4 is 24.4 Å². The van der Waals surface area contributed by atoms with Crippen molar-refractivity contribution in [3.05, 3.63) is 65.1 Å². The fourth-order valence-corrected chi connectivity index (χ4v) is 3.63. The third-order valence-electron chi connectivity index (χ3n) is 5.02. The summed E-state index contributed by atoms with van der Waals surface area (Å²) in [7, 11) is 0. The van der Waals surface area contributed by atoms with Crippen molar-refractivity contribution in [1.29, 1.82) is 0 Å². The normalized spacial score (nSPS) is 13.6. The van der Waals surface area contributed by atoms with Gasteiger partial charge in [0.05, 0.1) is 23.1 Å². The molecule has 1 N–H and O–H groups in total. The molecule has 0 radical (unpaired) electrons. The summed E-state index contributed by atoms with van der Waals surface area (Å²) in [4.78, 5) is 13.4. The lowest BCUT2D eigenvalue weighted by Crippen LogP contribution is -2.14. The third-order valence-corrected chi connectivity index (χ3v) is 5.02. The molecule has 0 saturated heterocycles. The predicted octanol–water partition coefficient (Wildman–Crippen LogP) is 2.75. The van der Waals surface area contributed by atoms with Crippen molar-refractivity contribution < 1.29 is 18.9 Å². The van der Waals surface area contributed by atoms with Crippen molar-refractivity contribution in [1.82, 2.24) is 20.0 Å². The molecular formula is C21H14N4O5. The van der Waals surface area contributed by atoms with Gasteiger partial charge < -0.3 is 18.9 Å². The Labute approximate surface area is 169 Å². The predicted molar refractivity (Wildman–Crippen MR) is 105 cm³/mol. The lowest BCUT2D eigenvalue weighted by Gasteiger charge is -2.09. The summed E-state index contributed by atoms with van der Waals surface area (Å²) in [5, 5.41) is 11.4. The molecule has 30 heavy (non-hydrogen) atoms. The third kappa shape index (κ3) is 2.45. The Morgan fingerprint density at radius 1 is 0.900 bits per heavy atom. The molecule has 6 rings (SSSR count). The molecule has 148 valence electrons. The van der Waals surface area contributed by atoms with Crippen molar-refractivity contribution in [2.75, 3.05) is 13.6 Å². The highest BCUT2D eigenvalue weighted by molar-refractivity contribution is 5.76. The number of aromatic nitrogens is 4. The van der Waals surface area contributed by atoms with E-state index in [-0.39, 0.29) is 24.7 Å². The summed E-state index contributed by atoms with van der Waals surface area (Å²) >= 11 is 0. The fourth-order valence-electron chi connectivity index (χ4n) is 3.63. The molecule has 2 aliphatic rings. The molecule has 2 aliphatic heterocycles. The first-order valence-corrected chi connectivity index (χ1v) is 9.21. The van der Waals surface area contributed by atoms with Crippen LogP contribution in [-0.2, 0) is 0 Å². The molecule has 0 atom stereocenters. The number of rotatable bonds is 3. The summed E-state index contributed by atoms with van der Waals surface area (Å²) < 4.78 is 23.5. The lowest BCUT2D eigenvalue weighted by atomic mass is 10.0. The minimum atomic E-state index is -0.250. The second-order valence-electron chi connectivity index (χ2n) is 6.68. The first kappa shape index (κ1) is 16.7. The van der Waals surface area contributed by atoms with Gasteiger partial charge >= 0.3 is 0 Å². The number of para-hydroxylation sites is 1. The van der Waals surface area contributed by atoms with Crippen LogP contribution in [0.15, 0.2) is 59.7 Å². The zero-order valence-corrected chi connectivity index (χ0v) is 15.5. The van der Waals surface area contributed by atoms with E-state index in [2.05, 4.69) is 15.3 Å². The number of H-pyrrole nitrogens is 1. The summed E-state index contributed by atoms with van der Waals surface area (Å²) in [6.07, 6.45) is 3.18. The Hall–Kier alpha value is -4.27. The van der Waals surface area contributed by atoms with Crippen molar-refractivity contribution in [3.63, 3.8) is 0 Å². The standard InChI is InChI=1S/C21H14N4O5/c26-20-14(13-2-1-3-17-21(13)30-11-28-17)9-22-24-19(20)15-6-7-23-25(15)12-4-5-16-18(8-12)29-10-27-16/h1-9H,10-11H2,(H,22,26). The second-order valence-corrected chi connectivity index (χ2v) is 6.68. The Kier molecular flexibility index (Phi) is 3.54. The van der Waals surface area contributed by atoms with Gasteiger partial charge in [-0.15, -0.1) is 0 Å². The lowest BCUT2D eigenvalue weighted by molar-refractivity contribution is 0.173. The highest BCUT2D eigenvalue weighted by Gasteiger charge is 2.23. The van der Waals surface area contributed by atoms with Crippen LogP contribution in [0.25, 0.3) is 28.2 Å². The largest absolute Gasteiger partial charge is 0.454 e. The zero-order chi connectivity index (χ0) is 20.1. The minimum absolute atomic E-state index is 0.124. The molecule has 4 aromatic rings. The maximum absolute atomic E-state index is 13.4.